The third-order valence-electron chi connectivity index (χ3n) is 2.65. The molecule has 5 nitrogen and oxygen atoms in total. The molecule has 2 aromatic rings. The van der Waals surface area contributed by atoms with Gasteiger partial charge in [-0.05, 0) is 31.5 Å². The number of amides is 1. The second-order valence-electron chi connectivity index (χ2n) is 4.16. The van der Waals surface area contributed by atoms with Crippen LogP contribution in [0.3, 0.4) is 0 Å². The van der Waals surface area contributed by atoms with Crippen LogP contribution in [0.5, 0.6) is 0 Å². The van der Waals surface area contributed by atoms with E-state index in [0.717, 1.165) is 24.4 Å². The van der Waals surface area contributed by atoms with E-state index < -0.39 is 0 Å². The predicted octanol–water partition coefficient (Wildman–Crippen LogP) is 2.12. The Balaban J connectivity index is 1.98. The van der Waals surface area contributed by atoms with Crippen molar-refractivity contribution >= 4 is 5.91 Å². The molecule has 0 radical (unpaired) electrons. The van der Waals surface area contributed by atoms with Crippen molar-refractivity contribution in [2.24, 2.45) is 0 Å². The molecule has 2 heterocycles. The fourth-order valence-corrected chi connectivity index (χ4v) is 1.73. The highest BCUT2D eigenvalue weighted by molar-refractivity contribution is 5.92. The van der Waals surface area contributed by atoms with Gasteiger partial charge in [0.25, 0.3) is 5.91 Å². The standard InChI is InChI=1S/C13H17N3O2/c1-3-6-16-10(2)8-12(15-16)13(17)14-9-11-5-4-7-18-11/h4-5,7-8H,3,6,9H2,1-2H3,(H,14,17). The molecule has 0 spiro atoms. The molecule has 0 aliphatic carbocycles. The van der Waals surface area contributed by atoms with E-state index in [1.54, 1.807) is 18.4 Å². The van der Waals surface area contributed by atoms with Crippen LogP contribution in [0, 0.1) is 6.92 Å². The Labute approximate surface area is 106 Å². The third kappa shape index (κ3) is 2.80. The summed E-state index contributed by atoms with van der Waals surface area (Å²) in [6, 6.07) is 5.41. The summed E-state index contributed by atoms with van der Waals surface area (Å²) in [4.78, 5) is 11.9. The van der Waals surface area contributed by atoms with E-state index >= 15 is 0 Å². The highest BCUT2D eigenvalue weighted by Crippen LogP contribution is 2.05. The molecule has 0 saturated heterocycles. The van der Waals surface area contributed by atoms with Gasteiger partial charge in [0, 0.05) is 12.2 Å². The van der Waals surface area contributed by atoms with Crippen molar-refractivity contribution in [3.8, 4) is 0 Å². The Hall–Kier alpha value is -2.04. The first-order valence-electron chi connectivity index (χ1n) is 6.05. The summed E-state index contributed by atoms with van der Waals surface area (Å²) >= 11 is 0. The van der Waals surface area contributed by atoms with Gasteiger partial charge < -0.3 is 9.73 Å². The zero-order chi connectivity index (χ0) is 13.0. The Kier molecular flexibility index (Phi) is 3.82. The third-order valence-corrected chi connectivity index (χ3v) is 2.65. The molecule has 0 bridgehead atoms. The van der Waals surface area contributed by atoms with E-state index in [2.05, 4.69) is 17.3 Å². The number of rotatable bonds is 5. The number of carbonyl (C=O) groups excluding carboxylic acids is 1. The molecule has 1 N–H and O–H groups in total. The normalized spacial score (nSPS) is 10.6. The zero-order valence-corrected chi connectivity index (χ0v) is 10.6. The average molecular weight is 247 g/mol. The molecule has 0 atom stereocenters. The molecule has 5 heteroatoms. The summed E-state index contributed by atoms with van der Waals surface area (Å²) in [5, 5.41) is 7.05. The van der Waals surface area contributed by atoms with Crippen molar-refractivity contribution in [3.63, 3.8) is 0 Å². The summed E-state index contributed by atoms with van der Waals surface area (Å²) in [5.41, 5.74) is 1.45. The van der Waals surface area contributed by atoms with Crippen LogP contribution < -0.4 is 5.32 Å². The lowest BCUT2D eigenvalue weighted by Crippen LogP contribution is -2.23. The molecule has 2 aromatic heterocycles. The van der Waals surface area contributed by atoms with Crippen LogP contribution in [0.25, 0.3) is 0 Å². The maximum absolute atomic E-state index is 11.9. The minimum atomic E-state index is -0.177. The Morgan fingerprint density at radius 2 is 2.39 bits per heavy atom. The number of nitrogens with one attached hydrogen (secondary N) is 1. The van der Waals surface area contributed by atoms with E-state index in [4.69, 9.17) is 4.42 Å². The predicted molar refractivity (Wildman–Crippen MR) is 67.1 cm³/mol. The molecule has 1 amide bonds. The van der Waals surface area contributed by atoms with Crippen LogP contribution >= 0.6 is 0 Å². The van der Waals surface area contributed by atoms with Crippen molar-refractivity contribution in [1.29, 1.82) is 0 Å². The molecule has 0 aromatic carbocycles. The molecule has 0 aliphatic rings. The molecule has 0 saturated carbocycles. The summed E-state index contributed by atoms with van der Waals surface area (Å²) in [6.45, 7) is 5.24. The van der Waals surface area contributed by atoms with Gasteiger partial charge in [-0.15, -0.1) is 0 Å². The van der Waals surface area contributed by atoms with Crippen LogP contribution in [-0.4, -0.2) is 15.7 Å². The number of aryl methyl sites for hydroxylation is 2. The SMILES string of the molecule is CCCn1nc(C(=O)NCc2ccco2)cc1C. The van der Waals surface area contributed by atoms with Gasteiger partial charge in [0.1, 0.15) is 11.5 Å². The van der Waals surface area contributed by atoms with Crippen LogP contribution in [0.1, 0.15) is 35.3 Å². The van der Waals surface area contributed by atoms with Crippen LogP contribution in [0.15, 0.2) is 28.9 Å². The lowest BCUT2D eigenvalue weighted by molar-refractivity contribution is 0.0942. The Bertz CT molecular complexity index is 514. The highest BCUT2D eigenvalue weighted by atomic mass is 16.3. The van der Waals surface area contributed by atoms with Crippen LogP contribution in [0.2, 0.25) is 0 Å². The van der Waals surface area contributed by atoms with Gasteiger partial charge in [-0.25, -0.2) is 0 Å². The second kappa shape index (κ2) is 5.53. The highest BCUT2D eigenvalue weighted by Gasteiger charge is 2.11. The minimum Gasteiger partial charge on any atom is -0.467 e. The number of aromatic nitrogens is 2. The van der Waals surface area contributed by atoms with Gasteiger partial charge in [0.2, 0.25) is 0 Å². The monoisotopic (exact) mass is 247 g/mol. The van der Waals surface area contributed by atoms with Crippen molar-refractivity contribution < 1.29 is 9.21 Å². The van der Waals surface area contributed by atoms with Gasteiger partial charge in [-0.1, -0.05) is 6.92 Å². The molecular formula is C13H17N3O2. The maximum Gasteiger partial charge on any atom is 0.272 e. The van der Waals surface area contributed by atoms with E-state index in [1.807, 2.05) is 17.7 Å². The van der Waals surface area contributed by atoms with Gasteiger partial charge in [0.05, 0.1) is 12.8 Å². The molecule has 2 rings (SSSR count). The zero-order valence-electron chi connectivity index (χ0n) is 10.6. The molecule has 96 valence electrons. The van der Waals surface area contributed by atoms with Crippen LogP contribution in [-0.2, 0) is 13.1 Å². The molecule has 18 heavy (non-hydrogen) atoms. The van der Waals surface area contributed by atoms with Crippen molar-refractivity contribution in [3.05, 3.63) is 41.6 Å². The fraction of sp³-hybridized carbons (Fsp3) is 0.385. The van der Waals surface area contributed by atoms with E-state index in [1.165, 1.54) is 0 Å². The quantitative estimate of drug-likeness (QED) is 0.880. The number of nitrogens with zero attached hydrogens (tertiary/aromatic N) is 2. The van der Waals surface area contributed by atoms with Gasteiger partial charge in [0.15, 0.2) is 0 Å². The smallest absolute Gasteiger partial charge is 0.272 e. The Morgan fingerprint density at radius 1 is 1.56 bits per heavy atom. The van der Waals surface area contributed by atoms with E-state index in [9.17, 15) is 4.79 Å². The van der Waals surface area contributed by atoms with Crippen molar-refractivity contribution in [1.82, 2.24) is 15.1 Å². The first-order chi connectivity index (χ1) is 8.70. The maximum atomic E-state index is 11.9. The van der Waals surface area contributed by atoms with E-state index in [0.29, 0.717) is 12.2 Å². The van der Waals surface area contributed by atoms with E-state index in [-0.39, 0.29) is 5.91 Å². The molecule has 0 aliphatic heterocycles. The molecular weight excluding hydrogens is 230 g/mol. The van der Waals surface area contributed by atoms with Crippen molar-refractivity contribution in [2.45, 2.75) is 33.4 Å². The van der Waals surface area contributed by atoms with Gasteiger partial charge in [-0.3, -0.25) is 9.48 Å². The second-order valence-corrected chi connectivity index (χ2v) is 4.16. The van der Waals surface area contributed by atoms with Crippen molar-refractivity contribution in [2.75, 3.05) is 0 Å². The summed E-state index contributed by atoms with van der Waals surface area (Å²) in [5.74, 6) is 0.553. The van der Waals surface area contributed by atoms with Gasteiger partial charge in [-0.2, -0.15) is 5.10 Å². The number of furan rings is 1. The first-order valence-corrected chi connectivity index (χ1v) is 6.05. The largest absolute Gasteiger partial charge is 0.467 e. The topological polar surface area (TPSA) is 60.1 Å². The lowest BCUT2D eigenvalue weighted by Gasteiger charge is -2.01. The summed E-state index contributed by atoms with van der Waals surface area (Å²) < 4.78 is 7.00. The summed E-state index contributed by atoms with van der Waals surface area (Å²) in [7, 11) is 0. The van der Waals surface area contributed by atoms with Crippen LogP contribution in [0.4, 0.5) is 0 Å². The van der Waals surface area contributed by atoms with Gasteiger partial charge >= 0.3 is 0 Å². The minimum absolute atomic E-state index is 0.177. The average Bonchev–Trinajstić information content (AvgIpc) is 2.97. The summed E-state index contributed by atoms with van der Waals surface area (Å²) in [6.07, 6.45) is 2.58. The molecule has 0 fully saturated rings. The fourth-order valence-electron chi connectivity index (χ4n) is 1.73. The lowest BCUT2D eigenvalue weighted by atomic mass is 10.3. The number of carbonyl (C=O) groups is 1. The number of hydrogen-bond acceptors (Lipinski definition) is 3. The Morgan fingerprint density at radius 3 is 3.06 bits per heavy atom. The molecule has 0 unspecified atom stereocenters. The number of hydrogen-bond donors (Lipinski definition) is 1. The first kappa shape index (κ1) is 12.4.